The van der Waals surface area contributed by atoms with Crippen LogP contribution in [0.2, 0.25) is 0 Å². The second-order valence-corrected chi connectivity index (χ2v) is 6.55. The molecule has 110 valence electrons. The third-order valence-corrected chi connectivity index (χ3v) is 3.61. The van der Waals surface area contributed by atoms with E-state index in [0.717, 1.165) is 6.54 Å². The molecule has 0 bridgehead atoms. The van der Waals surface area contributed by atoms with E-state index in [1.807, 2.05) is 5.01 Å². The van der Waals surface area contributed by atoms with Gasteiger partial charge in [-0.25, -0.2) is 5.01 Å². The van der Waals surface area contributed by atoms with Crippen LogP contribution in [-0.4, -0.2) is 17.1 Å². The lowest BCUT2D eigenvalue weighted by Gasteiger charge is -2.31. The van der Waals surface area contributed by atoms with E-state index in [9.17, 15) is 0 Å². The van der Waals surface area contributed by atoms with Crippen LogP contribution in [0.3, 0.4) is 0 Å². The van der Waals surface area contributed by atoms with Gasteiger partial charge in [0.2, 0.25) is 0 Å². The maximum Gasteiger partial charge on any atom is 0.0267 e. The fraction of sp³-hybridized carbons (Fsp3) is 1.00. The van der Waals surface area contributed by atoms with Gasteiger partial charge in [0.25, 0.3) is 0 Å². The van der Waals surface area contributed by atoms with Gasteiger partial charge in [0, 0.05) is 12.1 Å². The molecule has 0 unspecified atom stereocenters. The van der Waals surface area contributed by atoms with Gasteiger partial charge in [0.05, 0.1) is 0 Å². The highest BCUT2D eigenvalue weighted by Gasteiger charge is 2.16. The van der Waals surface area contributed by atoms with E-state index in [4.69, 9.17) is 5.84 Å². The van der Waals surface area contributed by atoms with Gasteiger partial charge in [-0.05, 0) is 27.2 Å². The molecule has 0 rings (SSSR count). The third-order valence-electron chi connectivity index (χ3n) is 3.61. The highest BCUT2D eigenvalue weighted by molar-refractivity contribution is 4.70. The molecule has 0 spiro atoms. The predicted molar refractivity (Wildman–Crippen MR) is 82.5 cm³/mol. The molecule has 0 aromatic heterocycles. The molecule has 0 aliphatic rings. The summed E-state index contributed by atoms with van der Waals surface area (Å²) in [5, 5.41) is 1.97. The molecule has 0 radical (unpaired) electrons. The van der Waals surface area contributed by atoms with Gasteiger partial charge in [-0.15, -0.1) is 0 Å². The van der Waals surface area contributed by atoms with Crippen LogP contribution in [0.15, 0.2) is 0 Å². The van der Waals surface area contributed by atoms with Crippen LogP contribution in [0, 0.1) is 0 Å². The van der Waals surface area contributed by atoms with E-state index in [0.29, 0.717) is 0 Å². The molecule has 0 saturated carbocycles. The van der Waals surface area contributed by atoms with Gasteiger partial charge in [-0.1, -0.05) is 64.7 Å². The minimum atomic E-state index is 0.110. The average molecular weight is 256 g/mol. The normalized spacial score (nSPS) is 12.3. The quantitative estimate of drug-likeness (QED) is 0.324. The van der Waals surface area contributed by atoms with Gasteiger partial charge in [-0.3, -0.25) is 5.84 Å². The second kappa shape index (κ2) is 10.8. The zero-order valence-electron chi connectivity index (χ0n) is 13.3. The first kappa shape index (κ1) is 17.9. The predicted octanol–water partition coefficient (Wildman–Crippen LogP) is 4.88. The lowest BCUT2D eigenvalue weighted by atomic mass is 10.1. The largest absolute Gasteiger partial charge is 0.268 e. The average Bonchev–Trinajstić information content (AvgIpc) is 2.30. The summed E-state index contributed by atoms with van der Waals surface area (Å²) >= 11 is 0. The van der Waals surface area contributed by atoms with Crippen LogP contribution in [0.5, 0.6) is 0 Å². The molecule has 2 heteroatoms. The Morgan fingerprint density at radius 2 is 1.11 bits per heavy atom. The summed E-state index contributed by atoms with van der Waals surface area (Å²) < 4.78 is 0. The first-order chi connectivity index (χ1) is 8.48. The summed E-state index contributed by atoms with van der Waals surface area (Å²) in [5.74, 6) is 5.99. The minimum absolute atomic E-state index is 0.110. The van der Waals surface area contributed by atoms with E-state index in [-0.39, 0.29) is 5.54 Å². The Labute approximate surface area is 115 Å². The maximum absolute atomic E-state index is 5.99. The van der Waals surface area contributed by atoms with Gasteiger partial charge in [0.1, 0.15) is 0 Å². The number of nitrogens with two attached hydrogens (primary N) is 1. The first-order valence-corrected chi connectivity index (χ1v) is 8.01. The zero-order chi connectivity index (χ0) is 13.9. The Morgan fingerprint density at radius 1 is 0.722 bits per heavy atom. The molecular formula is C16H36N2. The highest BCUT2D eigenvalue weighted by Crippen LogP contribution is 2.12. The summed E-state index contributed by atoms with van der Waals surface area (Å²) in [7, 11) is 0. The van der Waals surface area contributed by atoms with E-state index < -0.39 is 0 Å². The van der Waals surface area contributed by atoms with Crippen LogP contribution < -0.4 is 5.84 Å². The molecule has 0 saturated heterocycles. The molecule has 0 fully saturated rings. The lowest BCUT2D eigenvalue weighted by molar-refractivity contribution is 0.135. The zero-order valence-corrected chi connectivity index (χ0v) is 13.3. The van der Waals surface area contributed by atoms with Crippen LogP contribution in [0.4, 0.5) is 0 Å². The van der Waals surface area contributed by atoms with Crippen molar-refractivity contribution in [3.63, 3.8) is 0 Å². The Hall–Kier alpha value is -0.0800. The van der Waals surface area contributed by atoms with Crippen molar-refractivity contribution in [2.45, 2.75) is 97.4 Å². The van der Waals surface area contributed by atoms with Crippen LogP contribution in [-0.2, 0) is 0 Å². The molecule has 2 N–H and O–H groups in total. The second-order valence-electron chi connectivity index (χ2n) is 6.55. The molecule has 0 aliphatic heterocycles. The number of unbranched alkanes of at least 4 members (excludes halogenated alkanes) is 9. The van der Waals surface area contributed by atoms with Crippen molar-refractivity contribution in [1.82, 2.24) is 5.01 Å². The maximum atomic E-state index is 5.99. The lowest BCUT2D eigenvalue weighted by Crippen LogP contribution is -2.46. The number of nitrogens with zero attached hydrogens (tertiary/aromatic N) is 1. The summed E-state index contributed by atoms with van der Waals surface area (Å²) in [6.07, 6.45) is 13.9. The topological polar surface area (TPSA) is 29.3 Å². The molecular weight excluding hydrogens is 220 g/mol. The Morgan fingerprint density at radius 3 is 1.50 bits per heavy atom. The highest BCUT2D eigenvalue weighted by atomic mass is 15.4. The van der Waals surface area contributed by atoms with Crippen molar-refractivity contribution < 1.29 is 0 Å². The van der Waals surface area contributed by atoms with E-state index in [1.165, 1.54) is 64.2 Å². The summed E-state index contributed by atoms with van der Waals surface area (Å²) in [6, 6.07) is 0. The van der Waals surface area contributed by atoms with Crippen LogP contribution in [0.25, 0.3) is 0 Å². The summed E-state index contributed by atoms with van der Waals surface area (Å²) in [4.78, 5) is 0. The SMILES string of the molecule is CCCCCCCCCCCCN(N)C(C)(C)C. The van der Waals surface area contributed by atoms with Gasteiger partial charge in [-0.2, -0.15) is 0 Å². The number of rotatable bonds is 11. The minimum Gasteiger partial charge on any atom is -0.268 e. The van der Waals surface area contributed by atoms with Crippen molar-refractivity contribution >= 4 is 0 Å². The van der Waals surface area contributed by atoms with E-state index >= 15 is 0 Å². The summed E-state index contributed by atoms with van der Waals surface area (Å²) in [5.41, 5.74) is 0.110. The standard InChI is InChI=1S/C16H36N2/c1-5-6-7-8-9-10-11-12-13-14-15-18(17)16(2,3)4/h5-15,17H2,1-4H3. The fourth-order valence-corrected chi connectivity index (χ4v) is 2.10. The van der Waals surface area contributed by atoms with Gasteiger partial charge in [0.15, 0.2) is 0 Å². The van der Waals surface area contributed by atoms with Gasteiger partial charge < -0.3 is 0 Å². The van der Waals surface area contributed by atoms with E-state index in [2.05, 4.69) is 27.7 Å². The summed E-state index contributed by atoms with van der Waals surface area (Å²) in [6.45, 7) is 9.81. The van der Waals surface area contributed by atoms with Crippen LogP contribution in [0.1, 0.15) is 91.9 Å². The Kier molecular flexibility index (Phi) is 10.8. The smallest absolute Gasteiger partial charge is 0.0267 e. The number of hydrogen-bond donors (Lipinski definition) is 1. The molecule has 0 aromatic rings. The Balaban J connectivity index is 3.17. The molecule has 0 amide bonds. The van der Waals surface area contributed by atoms with Crippen molar-refractivity contribution in [3.8, 4) is 0 Å². The number of hydrazine groups is 1. The van der Waals surface area contributed by atoms with Crippen molar-refractivity contribution in [3.05, 3.63) is 0 Å². The van der Waals surface area contributed by atoms with E-state index in [1.54, 1.807) is 0 Å². The number of hydrogen-bond acceptors (Lipinski definition) is 2. The molecule has 0 aromatic carbocycles. The molecule has 0 atom stereocenters. The van der Waals surface area contributed by atoms with Crippen LogP contribution >= 0.6 is 0 Å². The monoisotopic (exact) mass is 256 g/mol. The molecule has 18 heavy (non-hydrogen) atoms. The van der Waals surface area contributed by atoms with Crippen molar-refractivity contribution in [1.29, 1.82) is 0 Å². The molecule has 2 nitrogen and oxygen atoms in total. The van der Waals surface area contributed by atoms with Gasteiger partial charge >= 0.3 is 0 Å². The fourth-order valence-electron chi connectivity index (χ4n) is 2.10. The third kappa shape index (κ3) is 11.0. The molecule has 0 heterocycles. The van der Waals surface area contributed by atoms with Crippen molar-refractivity contribution in [2.24, 2.45) is 5.84 Å². The first-order valence-electron chi connectivity index (χ1n) is 8.01. The van der Waals surface area contributed by atoms with Crippen molar-refractivity contribution in [2.75, 3.05) is 6.54 Å². The Bertz CT molecular complexity index is 172. The molecule has 0 aliphatic carbocycles.